The molecule has 1 rings (SSSR count). The number of aromatic nitrogens is 1. The first-order chi connectivity index (χ1) is 6.95. The molecule has 1 aromatic rings. The monoisotopic (exact) mass is 216 g/mol. The molecule has 3 nitrogen and oxygen atoms in total. The molecule has 80 valence electrons. The van der Waals surface area contributed by atoms with E-state index in [0.717, 1.165) is 12.1 Å². The van der Waals surface area contributed by atoms with Crippen LogP contribution in [0, 0.1) is 11.3 Å². The number of alkyl halides is 3. The first-order valence-corrected chi connectivity index (χ1v) is 4.03. The molecule has 0 aliphatic carbocycles. The summed E-state index contributed by atoms with van der Waals surface area (Å²) in [6, 6.07) is 3.58. The van der Waals surface area contributed by atoms with E-state index < -0.39 is 17.8 Å². The van der Waals surface area contributed by atoms with E-state index in [1.807, 2.05) is 0 Å². The van der Waals surface area contributed by atoms with Gasteiger partial charge in [-0.25, -0.2) is 0 Å². The zero-order chi connectivity index (χ0) is 11.5. The predicted molar refractivity (Wildman–Crippen MR) is 44.4 cm³/mol. The van der Waals surface area contributed by atoms with Crippen LogP contribution in [0.2, 0.25) is 0 Å². The lowest BCUT2D eigenvalue weighted by Gasteiger charge is -2.08. The molecule has 1 unspecified atom stereocenters. The van der Waals surface area contributed by atoms with Crippen molar-refractivity contribution >= 4 is 0 Å². The Morgan fingerprint density at radius 1 is 1.47 bits per heavy atom. The van der Waals surface area contributed by atoms with Crippen LogP contribution in [-0.4, -0.2) is 10.1 Å². The number of hydrogen-bond acceptors (Lipinski definition) is 3. The van der Waals surface area contributed by atoms with Crippen LogP contribution >= 0.6 is 0 Å². The Labute approximate surface area is 83.8 Å². The number of aliphatic hydroxyl groups is 1. The fourth-order valence-corrected chi connectivity index (χ4v) is 0.961. The highest BCUT2D eigenvalue weighted by Crippen LogP contribution is 2.29. The van der Waals surface area contributed by atoms with Crippen molar-refractivity contribution in [3.05, 3.63) is 29.6 Å². The van der Waals surface area contributed by atoms with Crippen LogP contribution in [0.25, 0.3) is 0 Å². The molecule has 1 atom stereocenters. The average Bonchev–Trinajstić information content (AvgIpc) is 2.17. The van der Waals surface area contributed by atoms with Gasteiger partial charge in [-0.3, -0.25) is 4.98 Å². The molecule has 0 aromatic carbocycles. The maximum absolute atomic E-state index is 12.1. The molecule has 0 radical (unpaired) electrons. The van der Waals surface area contributed by atoms with Gasteiger partial charge in [0.2, 0.25) is 0 Å². The molecule has 1 N–H and O–H groups in total. The topological polar surface area (TPSA) is 56.9 Å². The standard InChI is InChI=1S/C9H7F3N2O/c10-9(11,12)6-1-2-7(14-5-6)8(15)3-4-13/h1-2,5,8,15H,3H2. The highest BCUT2D eigenvalue weighted by atomic mass is 19.4. The van der Waals surface area contributed by atoms with Crippen LogP contribution in [0.4, 0.5) is 13.2 Å². The van der Waals surface area contributed by atoms with Crippen molar-refractivity contribution in [1.82, 2.24) is 4.98 Å². The summed E-state index contributed by atoms with van der Waals surface area (Å²) in [4.78, 5) is 3.44. The predicted octanol–water partition coefficient (Wildman–Crippen LogP) is 2.05. The van der Waals surface area contributed by atoms with Gasteiger partial charge in [0, 0.05) is 6.20 Å². The normalized spacial score (nSPS) is 13.3. The summed E-state index contributed by atoms with van der Waals surface area (Å²) in [7, 11) is 0. The van der Waals surface area contributed by atoms with E-state index >= 15 is 0 Å². The van der Waals surface area contributed by atoms with Gasteiger partial charge in [-0.1, -0.05) is 0 Å². The zero-order valence-electron chi connectivity index (χ0n) is 7.49. The van der Waals surface area contributed by atoms with E-state index in [4.69, 9.17) is 5.26 Å². The second kappa shape index (κ2) is 4.28. The van der Waals surface area contributed by atoms with Crippen LogP contribution < -0.4 is 0 Å². The Balaban J connectivity index is 2.87. The molecule has 0 spiro atoms. The highest BCUT2D eigenvalue weighted by Gasteiger charge is 2.30. The van der Waals surface area contributed by atoms with Gasteiger partial charge in [-0.2, -0.15) is 18.4 Å². The van der Waals surface area contributed by atoms with Crippen molar-refractivity contribution in [1.29, 1.82) is 5.26 Å². The fraction of sp³-hybridized carbons (Fsp3) is 0.333. The van der Waals surface area contributed by atoms with Gasteiger partial charge in [-0.15, -0.1) is 0 Å². The van der Waals surface area contributed by atoms with Gasteiger partial charge in [-0.05, 0) is 12.1 Å². The minimum atomic E-state index is -4.44. The van der Waals surface area contributed by atoms with E-state index in [0.29, 0.717) is 6.20 Å². The van der Waals surface area contributed by atoms with E-state index in [1.165, 1.54) is 0 Å². The third-order valence-corrected chi connectivity index (χ3v) is 1.74. The number of rotatable bonds is 2. The van der Waals surface area contributed by atoms with E-state index in [2.05, 4.69) is 4.98 Å². The first kappa shape index (κ1) is 11.5. The van der Waals surface area contributed by atoms with Crippen molar-refractivity contribution in [2.75, 3.05) is 0 Å². The molecule has 0 bridgehead atoms. The Hall–Kier alpha value is -1.61. The lowest BCUT2D eigenvalue weighted by Crippen LogP contribution is -2.07. The molecule has 0 aliphatic rings. The third-order valence-electron chi connectivity index (χ3n) is 1.74. The molecule has 15 heavy (non-hydrogen) atoms. The van der Waals surface area contributed by atoms with Gasteiger partial charge in [0.1, 0.15) is 6.10 Å². The number of pyridine rings is 1. The van der Waals surface area contributed by atoms with Crippen LogP contribution in [0.15, 0.2) is 18.3 Å². The largest absolute Gasteiger partial charge is 0.417 e. The summed E-state index contributed by atoms with van der Waals surface area (Å²) in [5.41, 5.74) is -0.819. The van der Waals surface area contributed by atoms with Gasteiger partial charge < -0.3 is 5.11 Å². The number of halogens is 3. The second-order valence-corrected chi connectivity index (χ2v) is 2.85. The molecular formula is C9H7F3N2O. The van der Waals surface area contributed by atoms with Crippen molar-refractivity contribution < 1.29 is 18.3 Å². The average molecular weight is 216 g/mol. The molecular weight excluding hydrogens is 209 g/mol. The maximum Gasteiger partial charge on any atom is 0.417 e. The minimum Gasteiger partial charge on any atom is -0.386 e. The molecule has 1 aromatic heterocycles. The lowest BCUT2D eigenvalue weighted by atomic mass is 10.1. The van der Waals surface area contributed by atoms with Crippen LogP contribution in [0.5, 0.6) is 0 Å². The second-order valence-electron chi connectivity index (χ2n) is 2.85. The van der Waals surface area contributed by atoms with Crippen molar-refractivity contribution in [3.8, 4) is 6.07 Å². The van der Waals surface area contributed by atoms with Crippen molar-refractivity contribution in [2.45, 2.75) is 18.7 Å². The van der Waals surface area contributed by atoms with Crippen LogP contribution in [-0.2, 0) is 6.18 Å². The number of hydrogen-bond donors (Lipinski definition) is 1. The summed E-state index contributed by atoms with van der Waals surface area (Å²) in [5, 5.41) is 17.5. The Kier molecular flexibility index (Phi) is 3.27. The molecule has 0 amide bonds. The number of aliphatic hydroxyl groups excluding tert-OH is 1. The van der Waals surface area contributed by atoms with Gasteiger partial charge in [0.05, 0.1) is 23.7 Å². The number of nitrogens with zero attached hydrogens (tertiary/aromatic N) is 2. The highest BCUT2D eigenvalue weighted by molar-refractivity contribution is 5.18. The molecule has 0 fully saturated rings. The van der Waals surface area contributed by atoms with Crippen molar-refractivity contribution in [3.63, 3.8) is 0 Å². The van der Waals surface area contributed by atoms with E-state index in [-0.39, 0.29) is 12.1 Å². The summed E-state index contributed by atoms with van der Waals surface area (Å²) in [6.07, 6.45) is -5.14. The Bertz CT molecular complexity index is 366. The van der Waals surface area contributed by atoms with Gasteiger partial charge in [0.25, 0.3) is 0 Å². The maximum atomic E-state index is 12.1. The third kappa shape index (κ3) is 2.92. The number of nitriles is 1. The summed E-state index contributed by atoms with van der Waals surface area (Å²) < 4.78 is 36.3. The molecule has 0 saturated carbocycles. The molecule has 1 heterocycles. The fourth-order valence-electron chi connectivity index (χ4n) is 0.961. The Morgan fingerprint density at radius 2 is 2.13 bits per heavy atom. The minimum absolute atomic E-state index is 0.0598. The quantitative estimate of drug-likeness (QED) is 0.822. The van der Waals surface area contributed by atoms with E-state index in [9.17, 15) is 18.3 Å². The molecule has 6 heteroatoms. The first-order valence-electron chi connectivity index (χ1n) is 4.03. The van der Waals surface area contributed by atoms with E-state index in [1.54, 1.807) is 6.07 Å². The zero-order valence-corrected chi connectivity index (χ0v) is 7.49. The Morgan fingerprint density at radius 3 is 2.53 bits per heavy atom. The smallest absolute Gasteiger partial charge is 0.386 e. The van der Waals surface area contributed by atoms with Gasteiger partial charge in [0.15, 0.2) is 0 Å². The SMILES string of the molecule is N#CCC(O)c1ccc(C(F)(F)F)cn1. The molecule has 0 saturated heterocycles. The summed E-state index contributed by atoms with van der Waals surface area (Å²) in [6.45, 7) is 0. The van der Waals surface area contributed by atoms with Crippen LogP contribution in [0.1, 0.15) is 23.8 Å². The van der Waals surface area contributed by atoms with Crippen LogP contribution in [0.3, 0.4) is 0 Å². The lowest BCUT2D eigenvalue weighted by molar-refractivity contribution is -0.137. The van der Waals surface area contributed by atoms with Crippen molar-refractivity contribution in [2.24, 2.45) is 0 Å². The van der Waals surface area contributed by atoms with Gasteiger partial charge >= 0.3 is 6.18 Å². The summed E-state index contributed by atoms with van der Waals surface area (Å²) >= 11 is 0. The molecule has 0 aliphatic heterocycles. The summed E-state index contributed by atoms with van der Waals surface area (Å²) in [5.74, 6) is 0.